The lowest BCUT2D eigenvalue weighted by molar-refractivity contribution is -0.136. The fourth-order valence-electron chi connectivity index (χ4n) is 8.64. The number of methoxy groups -OCH3 is 2. The van der Waals surface area contributed by atoms with Crippen LogP contribution in [0.25, 0.3) is 44.2 Å². The first-order chi connectivity index (χ1) is 28.2. The zero-order valence-electron chi connectivity index (χ0n) is 35.2. The summed E-state index contributed by atoms with van der Waals surface area (Å²) in [5.41, 5.74) is 5.74. The average molecular weight is 821 g/mol. The van der Waals surface area contributed by atoms with Gasteiger partial charge >= 0.3 is 12.2 Å². The van der Waals surface area contributed by atoms with Crippen molar-refractivity contribution in [3.8, 4) is 22.4 Å². The van der Waals surface area contributed by atoms with Crippen LogP contribution < -0.4 is 10.6 Å². The van der Waals surface area contributed by atoms with E-state index in [4.69, 9.17) is 19.4 Å². The SMILES string of the molecule is CC[C@H](C)[C@H](NC(=O)OC)C(=O)N1CCC[C@H]1c1ncc(-c2ccc(-c3ccc4c(ccc5[nH]c([C@H]6C[Si](C)(C)CN6C(=O)[C@H](NC(=O)OC)C(C)C)nc54)c3)cc2)[nH]1. The highest BCUT2D eigenvalue weighted by atomic mass is 28.3. The van der Waals surface area contributed by atoms with E-state index in [0.29, 0.717) is 12.7 Å². The molecule has 4 heterocycles. The minimum atomic E-state index is -1.77. The van der Waals surface area contributed by atoms with E-state index in [1.165, 1.54) is 14.2 Å². The molecular formula is C44H56N8O6Si. The molecule has 5 aromatic rings. The van der Waals surface area contributed by atoms with E-state index in [1.54, 1.807) is 0 Å². The second kappa shape index (κ2) is 16.9. The van der Waals surface area contributed by atoms with Crippen LogP contribution >= 0.6 is 0 Å². The quantitative estimate of drug-likeness (QED) is 0.0981. The number of likely N-dealkylation sites (tertiary alicyclic amines) is 1. The molecule has 5 atom stereocenters. The number of nitrogens with zero attached hydrogens (tertiary/aromatic N) is 4. The van der Waals surface area contributed by atoms with Crippen LogP contribution in [0.3, 0.4) is 0 Å². The van der Waals surface area contributed by atoms with Crippen molar-refractivity contribution in [2.75, 3.05) is 26.9 Å². The Bertz CT molecular complexity index is 2360. The number of rotatable bonds is 11. The molecule has 2 fully saturated rings. The largest absolute Gasteiger partial charge is 0.453 e. The predicted molar refractivity (Wildman–Crippen MR) is 230 cm³/mol. The third kappa shape index (κ3) is 8.43. The van der Waals surface area contributed by atoms with Crippen LogP contribution in [0.1, 0.15) is 70.7 Å². The molecule has 0 spiro atoms. The van der Waals surface area contributed by atoms with Gasteiger partial charge in [-0.2, -0.15) is 0 Å². The summed E-state index contributed by atoms with van der Waals surface area (Å²) in [6, 6.07) is 17.9. The van der Waals surface area contributed by atoms with E-state index < -0.39 is 32.3 Å². The van der Waals surface area contributed by atoms with Gasteiger partial charge < -0.3 is 39.9 Å². The number of ether oxygens (including phenoxy) is 2. The molecule has 312 valence electrons. The van der Waals surface area contributed by atoms with Gasteiger partial charge in [0, 0.05) is 18.1 Å². The highest BCUT2D eigenvalue weighted by Crippen LogP contribution is 2.40. The Morgan fingerprint density at radius 1 is 0.831 bits per heavy atom. The number of aromatic nitrogens is 4. The van der Waals surface area contributed by atoms with Gasteiger partial charge in [-0.25, -0.2) is 19.6 Å². The fourth-order valence-corrected chi connectivity index (χ4v) is 11.5. The third-order valence-corrected chi connectivity index (χ3v) is 14.8. The number of H-pyrrole nitrogens is 2. The maximum atomic E-state index is 14.0. The molecular weight excluding hydrogens is 765 g/mol. The second-order valence-corrected chi connectivity index (χ2v) is 22.2. The monoisotopic (exact) mass is 820 g/mol. The van der Waals surface area contributed by atoms with Crippen LogP contribution in [-0.4, -0.2) is 101 Å². The number of hydrogen-bond acceptors (Lipinski definition) is 8. The number of carbonyl (C=O) groups excluding carboxylic acids is 4. The number of benzene rings is 3. The maximum Gasteiger partial charge on any atom is 0.407 e. The summed E-state index contributed by atoms with van der Waals surface area (Å²) in [6.45, 7) is 13.0. The van der Waals surface area contributed by atoms with Crippen molar-refractivity contribution in [1.82, 2.24) is 40.4 Å². The topological polar surface area (TPSA) is 175 Å². The second-order valence-electron chi connectivity index (χ2n) is 17.2. The van der Waals surface area contributed by atoms with Crippen LogP contribution in [-0.2, 0) is 19.1 Å². The molecule has 4 N–H and O–H groups in total. The molecule has 59 heavy (non-hydrogen) atoms. The molecule has 2 aromatic heterocycles. The van der Waals surface area contributed by atoms with Crippen LogP contribution in [0.5, 0.6) is 0 Å². The molecule has 3 aromatic carbocycles. The lowest BCUT2D eigenvalue weighted by atomic mass is 9.97. The Balaban J connectivity index is 1.09. The zero-order chi connectivity index (χ0) is 42.2. The summed E-state index contributed by atoms with van der Waals surface area (Å²) in [6.07, 6.45) is 3.63. The van der Waals surface area contributed by atoms with Crippen molar-refractivity contribution >= 4 is 53.9 Å². The molecule has 2 aliphatic rings. The molecule has 15 heteroatoms. The maximum absolute atomic E-state index is 14.0. The number of alkyl carbamates (subject to hydrolysis) is 2. The summed E-state index contributed by atoms with van der Waals surface area (Å²) in [5, 5.41) is 7.58. The number of carbonyl (C=O) groups is 4. The van der Waals surface area contributed by atoms with Crippen molar-refractivity contribution in [1.29, 1.82) is 0 Å². The Hall–Kier alpha value is -5.70. The van der Waals surface area contributed by atoms with Gasteiger partial charge in [0.2, 0.25) is 11.8 Å². The normalized spacial score (nSPS) is 19.2. The van der Waals surface area contributed by atoms with Gasteiger partial charge in [-0.05, 0) is 64.9 Å². The van der Waals surface area contributed by atoms with Gasteiger partial charge in [-0.3, -0.25) is 9.59 Å². The van der Waals surface area contributed by atoms with E-state index >= 15 is 0 Å². The van der Waals surface area contributed by atoms with E-state index in [2.05, 4.69) is 88.3 Å². The fraction of sp³-hybridized carbons (Fsp3) is 0.455. The van der Waals surface area contributed by atoms with Crippen LogP contribution in [0, 0.1) is 11.8 Å². The van der Waals surface area contributed by atoms with Crippen molar-refractivity contribution in [2.45, 2.75) is 90.3 Å². The van der Waals surface area contributed by atoms with Gasteiger partial charge in [0.15, 0.2) is 0 Å². The van der Waals surface area contributed by atoms with Crippen molar-refractivity contribution in [3.63, 3.8) is 0 Å². The third-order valence-electron chi connectivity index (χ3n) is 12.1. The molecule has 2 aliphatic heterocycles. The van der Waals surface area contributed by atoms with Crippen molar-refractivity contribution < 1.29 is 28.7 Å². The molecule has 0 saturated carbocycles. The minimum absolute atomic E-state index is 0.0566. The first kappa shape index (κ1) is 41.5. The van der Waals surface area contributed by atoms with Crippen LogP contribution in [0.4, 0.5) is 9.59 Å². The summed E-state index contributed by atoms with van der Waals surface area (Å²) in [7, 11) is 0.831. The summed E-state index contributed by atoms with van der Waals surface area (Å²) >= 11 is 0. The standard InChI is InChI=1S/C44H56N8O6Si/c1-9-26(4)37(50-44(56)58-6)42(54)51-20-10-11-34(51)39-45-22-33(47-39)28-14-12-27(13-15-28)29-16-18-31-30(21-29)17-19-32-38(31)48-40(46-32)35-23-59(7,8)24-52(35)41(53)36(25(2)3)49-43(55)57-5/h12-19,21-22,25-26,34-37H,9-11,20,23-24H2,1-8H3,(H,45,47)(H,46,48)(H,49,55)(H,50,56)/t26-,34-,35+,36+,37-/m0/s1. The van der Waals surface area contributed by atoms with E-state index in [0.717, 1.165) is 81.1 Å². The number of nitrogens with one attached hydrogen (secondary N) is 4. The Morgan fingerprint density at radius 2 is 1.49 bits per heavy atom. The first-order valence-electron chi connectivity index (χ1n) is 20.6. The average Bonchev–Trinajstić information content (AvgIpc) is 4.06. The molecule has 0 bridgehead atoms. The zero-order valence-corrected chi connectivity index (χ0v) is 36.2. The molecule has 14 nitrogen and oxygen atoms in total. The van der Waals surface area contributed by atoms with E-state index in [-0.39, 0.29) is 35.7 Å². The molecule has 2 saturated heterocycles. The molecule has 4 amide bonds. The van der Waals surface area contributed by atoms with E-state index in [9.17, 15) is 19.2 Å². The van der Waals surface area contributed by atoms with Crippen molar-refractivity contribution in [3.05, 3.63) is 72.4 Å². The Morgan fingerprint density at radius 3 is 2.17 bits per heavy atom. The number of fused-ring (bicyclic) bond motifs is 3. The van der Waals surface area contributed by atoms with Gasteiger partial charge in [0.1, 0.15) is 23.7 Å². The minimum Gasteiger partial charge on any atom is -0.453 e. The number of aromatic amines is 2. The van der Waals surface area contributed by atoms with Gasteiger partial charge in [0.25, 0.3) is 0 Å². The Labute approximate surface area is 345 Å². The van der Waals surface area contributed by atoms with E-state index in [1.807, 2.05) is 43.7 Å². The number of hydrogen-bond donors (Lipinski definition) is 4. The molecule has 0 radical (unpaired) electrons. The number of amides is 4. The Kier molecular flexibility index (Phi) is 11.9. The molecule has 0 aliphatic carbocycles. The highest BCUT2D eigenvalue weighted by Gasteiger charge is 2.46. The molecule has 7 rings (SSSR count). The highest BCUT2D eigenvalue weighted by molar-refractivity contribution is 6.78. The molecule has 0 unspecified atom stereocenters. The summed E-state index contributed by atoms with van der Waals surface area (Å²) in [4.78, 5) is 72.6. The smallest absolute Gasteiger partial charge is 0.407 e. The van der Waals surface area contributed by atoms with Crippen molar-refractivity contribution in [2.24, 2.45) is 11.8 Å². The van der Waals surface area contributed by atoms with Gasteiger partial charge in [0.05, 0.1) is 57.3 Å². The van der Waals surface area contributed by atoms with Gasteiger partial charge in [-0.1, -0.05) is 89.7 Å². The summed E-state index contributed by atoms with van der Waals surface area (Å²) in [5.74, 6) is 1.08. The lowest BCUT2D eigenvalue weighted by Gasteiger charge is -2.30. The van der Waals surface area contributed by atoms with Crippen LogP contribution in [0.2, 0.25) is 19.1 Å². The number of imidazole rings is 2. The predicted octanol–water partition coefficient (Wildman–Crippen LogP) is 7.72. The summed E-state index contributed by atoms with van der Waals surface area (Å²) < 4.78 is 9.64. The first-order valence-corrected chi connectivity index (χ1v) is 24.0. The lowest BCUT2D eigenvalue weighted by Crippen LogP contribution is -2.52. The van der Waals surface area contributed by atoms with Gasteiger partial charge in [-0.15, -0.1) is 0 Å². The van der Waals surface area contributed by atoms with Crippen LogP contribution in [0.15, 0.2) is 60.8 Å².